The number of aliphatic carboxylic acids is 1. The molecule has 0 amide bonds. The Kier molecular flexibility index (Phi) is 4.72. The summed E-state index contributed by atoms with van der Waals surface area (Å²) < 4.78 is 0. The number of piperidine rings is 1. The molecule has 0 spiro atoms. The van der Waals surface area contributed by atoms with Gasteiger partial charge in [0.25, 0.3) is 0 Å². The van der Waals surface area contributed by atoms with E-state index in [0.717, 1.165) is 32.4 Å². The Hall–Kier alpha value is -1.35. The SMILES string of the molecule is CCC1(C(=O)O)CCN(C(C)c2cc(C)cc(C)c2)CC1. The van der Waals surface area contributed by atoms with Gasteiger partial charge in [0, 0.05) is 6.04 Å². The molecular formula is C18H27NO2. The molecule has 21 heavy (non-hydrogen) atoms. The first-order chi connectivity index (χ1) is 9.88. The van der Waals surface area contributed by atoms with Gasteiger partial charge in [-0.15, -0.1) is 0 Å². The lowest BCUT2D eigenvalue weighted by atomic mass is 9.76. The summed E-state index contributed by atoms with van der Waals surface area (Å²) in [6, 6.07) is 7.04. The molecule has 1 aliphatic heterocycles. The minimum atomic E-state index is -0.622. The Morgan fingerprint density at radius 3 is 2.19 bits per heavy atom. The molecule has 3 nitrogen and oxygen atoms in total. The first kappa shape index (κ1) is 16.0. The van der Waals surface area contributed by atoms with Crippen LogP contribution in [0.5, 0.6) is 0 Å². The van der Waals surface area contributed by atoms with E-state index in [2.05, 4.69) is 43.9 Å². The van der Waals surface area contributed by atoms with Gasteiger partial charge in [-0.05, 0) is 58.7 Å². The molecule has 0 saturated carbocycles. The Bertz CT molecular complexity index is 496. The fraction of sp³-hybridized carbons (Fsp3) is 0.611. The average Bonchev–Trinajstić information content (AvgIpc) is 2.45. The van der Waals surface area contributed by atoms with E-state index < -0.39 is 11.4 Å². The van der Waals surface area contributed by atoms with Crippen molar-refractivity contribution in [3.8, 4) is 0 Å². The average molecular weight is 289 g/mol. The minimum Gasteiger partial charge on any atom is -0.481 e. The van der Waals surface area contributed by atoms with Crippen LogP contribution in [0.25, 0.3) is 0 Å². The van der Waals surface area contributed by atoms with E-state index in [-0.39, 0.29) is 0 Å². The van der Waals surface area contributed by atoms with E-state index in [1.54, 1.807) is 0 Å². The topological polar surface area (TPSA) is 40.5 Å². The van der Waals surface area contributed by atoms with Gasteiger partial charge in [-0.2, -0.15) is 0 Å². The van der Waals surface area contributed by atoms with Crippen LogP contribution in [0, 0.1) is 19.3 Å². The highest BCUT2D eigenvalue weighted by Crippen LogP contribution is 2.37. The summed E-state index contributed by atoms with van der Waals surface area (Å²) in [5.41, 5.74) is 3.43. The van der Waals surface area contributed by atoms with Crippen LogP contribution in [-0.2, 0) is 4.79 Å². The Balaban J connectivity index is 2.09. The fourth-order valence-corrected chi connectivity index (χ4v) is 3.52. The molecule has 2 rings (SSSR count). The highest BCUT2D eigenvalue weighted by atomic mass is 16.4. The van der Waals surface area contributed by atoms with Crippen molar-refractivity contribution in [3.63, 3.8) is 0 Å². The molecule has 1 aromatic carbocycles. The number of benzene rings is 1. The van der Waals surface area contributed by atoms with Crippen LogP contribution in [0.2, 0.25) is 0 Å². The summed E-state index contributed by atoms with van der Waals surface area (Å²) in [5.74, 6) is -0.622. The van der Waals surface area contributed by atoms with Crippen LogP contribution in [0.3, 0.4) is 0 Å². The number of carbonyl (C=O) groups is 1. The van der Waals surface area contributed by atoms with Crippen molar-refractivity contribution in [2.24, 2.45) is 5.41 Å². The quantitative estimate of drug-likeness (QED) is 0.912. The summed E-state index contributed by atoms with van der Waals surface area (Å²) in [6.07, 6.45) is 2.25. The second kappa shape index (κ2) is 6.18. The number of likely N-dealkylation sites (tertiary alicyclic amines) is 1. The molecule has 116 valence electrons. The first-order valence-electron chi connectivity index (χ1n) is 7.93. The Labute approximate surface area is 128 Å². The van der Waals surface area contributed by atoms with Crippen LogP contribution in [-0.4, -0.2) is 29.1 Å². The third-order valence-electron chi connectivity index (χ3n) is 5.16. The lowest BCUT2D eigenvalue weighted by Crippen LogP contribution is -2.44. The number of rotatable bonds is 4. The lowest BCUT2D eigenvalue weighted by molar-refractivity contribution is -0.152. The molecule has 1 atom stereocenters. The predicted octanol–water partition coefficient (Wildman–Crippen LogP) is 3.94. The van der Waals surface area contributed by atoms with Crippen molar-refractivity contribution >= 4 is 5.97 Å². The predicted molar refractivity (Wildman–Crippen MR) is 85.5 cm³/mol. The molecule has 0 bridgehead atoms. The van der Waals surface area contributed by atoms with Gasteiger partial charge < -0.3 is 5.11 Å². The number of aryl methyl sites for hydroxylation is 2. The van der Waals surface area contributed by atoms with Gasteiger partial charge in [0.05, 0.1) is 5.41 Å². The lowest BCUT2D eigenvalue weighted by Gasteiger charge is -2.41. The molecule has 1 aliphatic rings. The smallest absolute Gasteiger partial charge is 0.309 e. The maximum absolute atomic E-state index is 11.5. The molecular weight excluding hydrogens is 262 g/mol. The van der Waals surface area contributed by atoms with Gasteiger partial charge >= 0.3 is 5.97 Å². The molecule has 1 N–H and O–H groups in total. The van der Waals surface area contributed by atoms with Crippen molar-refractivity contribution in [1.29, 1.82) is 0 Å². The number of hydrogen-bond donors (Lipinski definition) is 1. The second-order valence-electron chi connectivity index (χ2n) is 6.57. The molecule has 1 aromatic rings. The zero-order valence-corrected chi connectivity index (χ0v) is 13.6. The van der Waals surface area contributed by atoms with E-state index in [1.165, 1.54) is 16.7 Å². The number of hydrogen-bond acceptors (Lipinski definition) is 2. The molecule has 1 fully saturated rings. The van der Waals surface area contributed by atoms with Gasteiger partial charge in [-0.3, -0.25) is 9.69 Å². The van der Waals surface area contributed by atoms with Gasteiger partial charge in [0.15, 0.2) is 0 Å². The second-order valence-corrected chi connectivity index (χ2v) is 6.57. The molecule has 1 unspecified atom stereocenters. The summed E-state index contributed by atoms with van der Waals surface area (Å²) in [4.78, 5) is 13.9. The van der Waals surface area contributed by atoms with Gasteiger partial charge in [0.2, 0.25) is 0 Å². The van der Waals surface area contributed by atoms with Crippen molar-refractivity contribution < 1.29 is 9.90 Å². The molecule has 1 saturated heterocycles. The molecule has 0 radical (unpaired) electrons. The third kappa shape index (κ3) is 3.29. The highest BCUT2D eigenvalue weighted by Gasteiger charge is 2.40. The fourth-order valence-electron chi connectivity index (χ4n) is 3.52. The normalized spacial score (nSPS) is 20.2. The van der Waals surface area contributed by atoms with Gasteiger partial charge in [-0.25, -0.2) is 0 Å². The van der Waals surface area contributed by atoms with E-state index in [1.807, 2.05) is 6.92 Å². The summed E-state index contributed by atoms with van der Waals surface area (Å²) in [6.45, 7) is 10.2. The monoisotopic (exact) mass is 289 g/mol. The van der Waals surface area contributed by atoms with Gasteiger partial charge in [0.1, 0.15) is 0 Å². The maximum Gasteiger partial charge on any atom is 0.309 e. The summed E-state index contributed by atoms with van der Waals surface area (Å²) >= 11 is 0. The van der Waals surface area contributed by atoms with E-state index in [0.29, 0.717) is 6.04 Å². The molecule has 0 aliphatic carbocycles. The maximum atomic E-state index is 11.5. The number of carboxylic acid groups (broad SMARTS) is 1. The highest BCUT2D eigenvalue weighted by molar-refractivity contribution is 5.74. The Morgan fingerprint density at radius 1 is 1.24 bits per heavy atom. The van der Waals surface area contributed by atoms with Gasteiger partial charge in [-0.1, -0.05) is 36.2 Å². The minimum absolute atomic E-state index is 0.354. The van der Waals surface area contributed by atoms with E-state index in [4.69, 9.17) is 0 Å². The van der Waals surface area contributed by atoms with E-state index >= 15 is 0 Å². The third-order valence-corrected chi connectivity index (χ3v) is 5.16. The standard InChI is InChI=1S/C18H27NO2/c1-5-18(17(20)21)6-8-19(9-7-18)15(4)16-11-13(2)10-14(3)12-16/h10-12,15H,5-9H2,1-4H3,(H,20,21). The summed E-state index contributed by atoms with van der Waals surface area (Å²) in [7, 11) is 0. The molecule has 1 heterocycles. The van der Waals surface area contributed by atoms with Crippen molar-refractivity contribution in [3.05, 3.63) is 34.9 Å². The van der Waals surface area contributed by atoms with Crippen molar-refractivity contribution in [1.82, 2.24) is 4.90 Å². The number of nitrogens with zero attached hydrogens (tertiary/aromatic N) is 1. The Morgan fingerprint density at radius 2 is 1.76 bits per heavy atom. The van der Waals surface area contributed by atoms with Crippen molar-refractivity contribution in [2.75, 3.05) is 13.1 Å². The largest absolute Gasteiger partial charge is 0.481 e. The molecule has 3 heteroatoms. The van der Waals surface area contributed by atoms with E-state index in [9.17, 15) is 9.90 Å². The molecule has 0 aromatic heterocycles. The van der Waals surface area contributed by atoms with Crippen molar-refractivity contribution in [2.45, 2.75) is 53.0 Å². The first-order valence-corrected chi connectivity index (χ1v) is 7.93. The number of carboxylic acids is 1. The van der Waals surface area contributed by atoms with Crippen LogP contribution < -0.4 is 0 Å². The zero-order chi connectivity index (χ0) is 15.6. The van der Waals surface area contributed by atoms with Crippen LogP contribution in [0.1, 0.15) is 55.8 Å². The van der Waals surface area contributed by atoms with Crippen LogP contribution >= 0.6 is 0 Å². The zero-order valence-electron chi connectivity index (χ0n) is 13.6. The van der Waals surface area contributed by atoms with Crippen LogP contribution in [0.15, 0.2) is 18.2 Å². The summed E-state index contributed by atoms with van der Waals surface area (Å²) in [5, 5.41) is 9.48. The van der Waals surface area contributed by atoms with Crippen LogP contribution in [0.4, 0.5) is 0 Å².